The molecule has 0 radical (unpaired) electrons. The first-order valence-corrected chi connectivity index (χ1v) is 6.95. The molecule has 0 spiro atoms. The van der Waals surface area contributed by atoms with Gasteiger partial charge in [0.15, 0.2) is 0 Å². The number of nitro groups is 1. The van der Waals surface area contributed by atoms with Crippen LogP contribution in [0.15, 0.2) is 48.5 Å². The van der Waals surface area contributed by atoms with Gasteiger partial charge < -0.3 is 10.1 Å². The van der Waals surface area contributed by atoms with Gasteiger partial charge in [0.05, 0.1) is 23.8 Å². The van der Waals surface area contributed by atoms with E-state index in [0.29, 0.717) is 16.3 Å². The molecule has 0 unspecified atom stereocenters. The summed E-state index contributed by atoms with van der Waals surface area (Å²) in [4.78, 5) is 22.2. The molecule has 0 heterocycles. The summed E-state index contributed by atoms with van der Waals surface area (Å²) in [7, 11) is 1.37. The minimum atomic E-state index is -0.536. The molecule has 2 aromatic rings. The molecule has 1 amide bonds. The minimum Gasteiger partial charge on any atom is -0.494 e. The number of halogens is 1. The predicted molar refractivity (Wildman–Crippen MR) is 88.8 cm³/mol. The molecule has 2 rings (SSSR count). The lowest BCUT2D eigenvalue weighted by Gasteiger charge is -2.08. The lowest BCUT2D eigenvalue weighted by atomic mass is 10.2. The van der Waals surface area contributed by atoms with Gasteiger partial charge >= 0.3 is 0 Å². The van der Waals surface area contributed by atoms with Crippen molar-refractivity contribution in [1.82, 2.24) is 0 Å². The van der Waals surface area contributed by atoms with Gasteiger partial charge in [-0.1, -0.05) is 29.8 Å². The number of benzene rings is 2. The lowest BCUT2D eigenvalue weighted by Crippen LogP contribution is -2.09. The number of nitrogens with one attached hydrogen (secondary N) is 1. The highest BCUT2D eigenvalue weighted by Gasteiger charge is 2.12. The van der Waals surface area contributed by atoms with Gasteiger partial charge in [0.2, 0.25) is 5.91 Å². The fraction of sp³-hybridized carbons (Fsp3) is 0.0625. The van der Waals surface area contributed by atoms with Gasteiger partial charge in [-0.05, 0) is 23.8 Å². The van der Waals surface area contributed by atoms with Gasteiger partial charge in [-0.25, -0.2) is 0 Å². The Labute approximate surface area is 137 Å². The number of methoxy groups -OCH3 is 1. The zero-order chi connectivity index (χ0) is 16.8. The Hall–Kier alpha value is -2.86. The third kappa shape index (κ3) is 4.31. The topological polar surface area (TPSA) is 81.5 Å². The Morgan fingerprint density at radius 2 is 2.04 bits per heavy atom. The number of amides is 1. The van der Waals surface area contributed by atoms with Crippen LogP contribution in [0, 0.1) is 10.1 Å². The highest BCUT2D eigenvalue weighted by Crippen LogP contribution is 2.29. The van der Waals surface area contributed by atoms with Crippen molar-refractivity contribution < 1.29 is 14.5 Å². The van der Waals surface area contributed by atoms with Gasteiger partial charge in [-0.15, -0.1) is 0 Å². The van der Waals surface area contributed by atoms with Crippen LogP contribution in [0.5, 0.6) is 5.75 Å². The van der Waals surface area contributed by atoms with E-state index in [-0.39, 0.29) is 11.4 Å². The molecule has 1 N–H and O–H groups in total. The number of ether oxygens (including phenoxy) is 1. The summed E-state index contributed by atoms with van der Waals surface area (Å²) >= 11 is 6.00. The average Bonchev–Trinajstić information content (AvgIpc) is 2.54. The van der Waals surface area contributed by atoms with Crippen LogP contribution >= 0.6 is 11.6 Å². The van der Waals surface area contributed by atoms with E-state index in [2.05, 4.69) is 5.32 Å². The molecule has 6 nitrogen and oxygen atoms in total. The molecule has 0 aliphatic heterocycles. The van der Waals surface area contributed by atoms with Crippen LogP contribution in [0.4, 0.5) is 11.4 Å². The van der Waals surface area contributed by atoms with Crippen molar-refractivity contribution >= 4 is 35.0 Å². The van der Waals surface area contributed by atoms with Crippen molar-refractivity contribution in [2.45, 2.75) is 0 Å². The van der Waals surface area contributed by atoms with Crippen LogP contribution in [0.1, 0.15) is 5.56 Å². The zero-order valence-corrected chi connectivity index (χ0v) is 12.9. The Morgan fingerprint density at radius 3 is 2.70 bits per heavy atom. The van der Waals surface area contributed by atoms with Crippen molar-refractivity contribution in [1.29, 1.82) is 0 Å². The third-order valence-corrected chi connectivity index (χ3v) is 3.32. The van der Waals surface area contributed by atoms with Crippen molar-refractivity contribution in [2.75, 3.05) is 12.4 Å². The highest BCUT2D eigenvalue weighted by molar-refractivity contribution is 6.32. The summed E-state index contributed by atoms with van der Waals surface area (Å²) in [5.74, 6) is -0.198. The molecule has 0 bridgehead atoms. The van der Waals surface area contributed by atoms with E-state index in [1.165, 1.54) is 31.4 Å². The fourth-order valence-corrected chi connectivity index (χ4v) is 2.05. The summed E-state index contributed by atoms with van der Waals surface area (Å²) in [5, 5.41) is 13.9. The van der Waals surface area contributed by atoms with Crippen molar-refractivity contribution in [3.8, 4) is 5.75 Å². The first-order valence-electron chi connectivity index (χ1n) is 6.57. The second-order valence-corrected chi connectivity index (χ2v) is 4.89. The number of nitrogens with zero attached hydrogens (tertiary/aromatic N) is 1. The molecular formula is C16H13ClN2O4. The largest absolute Gasteiger partial charge is 0.494 e. The summed E-state index contributed by atoms with van der Waals surface area (Å²) in [6.45, 7) is 0. The monoisotopic (exact) mass is 332 g/mol. The molecule has 0 aliphatic carbocycles. The van der Waals surface area contributed by atoms with Crippen LogP contribution in [-0.2, 0) is 4.79 Å². The van der Waals surface area contributed by atoms with E-state index in [1.807, 2.05) is 6.07 Å². The van der Waals surface area contributed by atoms with E-state index >= 15 is 0 Å². The maximum absolute atomic E-state index is 12.0. The van der Waals surface area contributed by atoms with Crippen LogP contribution in [0.2, 0.25) is 5.02 Å². The summed E-state index contributed by atoms with van der Waals surface area (Å²) < 4.78 is 5.05. The van der Waals surface area contributed by atoms with Crippen LogP contribution in [-0.4, -0.2) is 17.9 Å². The Morgan fingerprint density at radius 1 is 1.30 bits per heavy atom. The highest BCUT2D eigenvalue weighted by atomic mass is 35.5. The van der Waals surface area contributed by atoms with E-state index in [4.69, 9.17) is 16.3 Å². The molecule has 2 aromatic carbocycles. The second kappa shape index (κ2) is 7.42. The van der Waals surface area contributed by atoms with E-state index in [9.17, 15) is 14.9 Å². The number of hydrogen-bond donors (Lipinski definition) is 1. The minimum absolute atomic E-state index is 0.119. The molecule has 0 aromatic heterocycles. The molecule has 7 heteroatoms. The van der Waals surface area contributed by atoms with Gasteiger partial charge in [0.25, 0.3) is 5.69 Å². The molecule has 0 atom stereocenters. The quantitative estimate of drug-likeness (QED) is 0.511. The predicted octanol–water partition coefficient (Wildman–Crippen LogP) is 3.91. The van der Waals surface area contributed by atoms with Crippen molar-refractivity contribution in [3.05, 3.63) is 69.2 Å². The number of non-ortho nitro benzene ring substituents is 1. The molecule has 0 fully saturated rings. The Balaban J connectivity index is 2.14. The standard InChI is InChI=1S/C16H13ClN2O4/c1-23-15-10-12(19(21)22)7-8-14(15)18-16(20)9-6-11-4-2-3-5-13(11)17/h2-10H,1H3,(H,18,20)/b9-6+. The van der Waals surface area contributed by atoms with Crippen LogP contribution < -0.4 is 10.1 Å². The zero-order valence-electron chi connectivity index (χ0n) is 12.2. The van der Waals surface area contributed by atoms with E-state index in [1.54, 1.807) is 24.3 Å². The molecule has 0 saturated heterocycles. The first-order chi connectivity index (χ1) is 11.0. The first kappa shape index (κ1) is 16.5. The van der Waals surface area contributed by atoms with Crippen LogP contribution in [0.3, 0.4) is 0 Å². The maximum Gasteiger partial charge on any atom is 0.273 e. The summed E-state index contributed by atoms with van der Waals surface area (Å²) in [5.41, 5.74) is 0.929. The van der Waals surface area contributed by atoms with Crippen LogP contribution in [0.25, 0.3) is 6.08 Å². The number of carbonyl (C=O) groups is 1. The van der Waals surface area contributed by atoms with Gasteiger partial charge in [-0.2, -0.15) is 0 Å². The Kier molecular flexibility index (Phi) is 5.32. The number of nitro benzene ring substituents is 1. The lowest BCUT2D eigenvalue weighted by molar-refractivity contribution is -0.384. The number of hydrogen-bond acceptors (Lipinski definition) is 4. The third-order valence-electron chi connectivity index (χ3n) is 2.97. The summed E-state index contributed by atoms with van der Waals surface area (Å²) in [6.07, 6.45) is 2.90. The molecule has 0 saturated carbocycles. The molecule has 0 aliphatic rings. The van der Waals surface area contributed by atoms with Gasteiger partial charge in [0.1, 0.15) is 5.75 Å². The average molecular weight is 333 g/mol. The smallest absolute Gasteiger partial charge is 0.273 e. The molecule has 118 valence electrons. The fourth-order valence-electron chi connectivity index (χ4n) is 1.85. The Bertz CT molecular complexity index is 774. The number of carbonyl (C=O) groups excluding carboxylic acids is 1. The normalized spacial score (nSPS) is 10.5. The second-order valence-electron chi connectivity index (χ2n) is 4.49. The van der Waals surface area contributed by atoms with E-state index < -0.39 is 10.8 Å². The summed E-state index contributed by atoms with van der Waals surface area (Å²) in [6, 6.07) is 11.0. The molecular weight excluding hydrogens is 320 g/mol. The maximum atomic E-state index is 12.0. The van der Waals surface area contributed by atoms with Gasteiger partial charge in [-0.3, -0.25) is 14.9 Å². The molecule has 23 heavy (non-hydrogen) atoms. The van der Waals surface area contributed by atoms with E-state index in [0.717, 1.165) is 0 Å². The number of rotatable bonds is 5. The number of anilines is 1. The van der Waals surface area contributed by atoms with Crippen molar-refractivity contribution in [2.24, 2.45) is 0 Å². The van der Waals surface area contributed by atoms with Gasteiger partial charge in [0, 0.05) is 17.2 Å². The SMILES string of the molecule is COc1cc([N+](=O)[O-])ccc1NC(=O)/C=C/c1ccccc1Cl. The van der Waals surface area contributed by atoms with Crippen molar-refractivity contribution in [3.63, 3.8) is 0 Å².